The van der Waals surface area contributed by atoms with Gasteiger partial charge in [-0.25, -0.2) is 0 Å². The molecule has 1 unspecified atom stereocenters. The maximum Gasteiger partial charge on any atom is 0.258 e. The zero-order valence-corrected chi connectivity index (χ0v) is 12.5. The fraction of sp³-hybridized carbons (Fsp3) is 0.444. The maximum atomic E-state index is 5.96. The predicted molar refractivity (Wildman–Crippen MR) is 74.0 cm³/mol. The van der Waals surface area contributed by atoms with Gasteiger partial charge in [0, 0.05) is 12.6 Å². The number of rotatable bonds is 6. The van der Waals surface area contributed by atoms with Gasteiger partial charge in [-0.3, -0.25) is 10.5 Å². The molecule has 1 rings (SSSR count). The van der Waals surface area contributed by atoms with Crippen LogP contribution in [-0.2, 0) is 27.3 Å². The number of hydrogen-bond donors (Lipinski definition) is 1. The fourth-order valence-corrected chi connectivity index (χ4v) is 2.91. The van der Waals surface area contributed by atoms with Crippen LogP contribution in [0.5, 0.6) is 0 Å². The Morgan fingerprint density at radius 2 is 2.18 bits per heavy atom. The average molecular weight is 315 g/mol. The SMILES string of the molecule is CCOP(N)(=S)OCCc1ncc(Cl)cc1Cl. The summed E-state index contributed by atoms with van der Waals surface area (Å²) in [6.45, 7) is -0.0436. The number of nitrogens with two attached hydrogens (primary N) is 1. The molecule has 0 aromatic carbocycles. The molecule has 17 heavy (non-hydrogen) atoms. The third-order valence-corrected chi connectivity index (χ3v) is 4.13. The lowest BCUT2D eigenvalue weighted by Crippen LogP contribution is -2.07. The van der Waals surface area contributed by atoms with Crippen molar-refractivity contribution < 1.29 is 9.05 Å². The van der Waals surface area contributed by atoms with E-state index in [2.05, 4.69) is 4.98 Å². The monoisotopic (exact) mass is 314 g/mol. The van der Waals surface area contributed by atoms with Crippen molar-refractivity contribution in [1.82, 2.24) is 4.98 Å². The summed E-state index contributed by atoms with van der Waals surface area (Å²) in [5.74, 6) is 0. The van der Waals surface area contributed by atoms with Gasteiger partial charge >= 0.3 is 0 Å². The molecule has 0 fully saturated rings. The normalized spacial score (nSPS) is 14.6. The molecule has 0 saturated carbocycles. The highest BCUT2D eigenvalue weighted by Gasteiger charge is 2.12. The standard InChI is InChI=1S/C9H13Cl2N2O2PS/c1-2-14-16(12,17)15-4-3-9-8(11)5-7(10)6-13-9/h5-6H,2-4H2,1H3,(H2,12,17). The maximum absolute atomic E-state index is 5.96. The van der Waals surface area contributed by atoms with Gasteiger partial charge < -0.3 is 9.05 Å². The molecule has 96 valence electrons. The third kappa shape index (κ3) is 5.62. The summed E-state index contributed by atoms with van der Waals surface area (Å²) < 4.78 is 10.4. The minimum absolute atomic E-state index is 0.322. The van der Waals surface area contributed by atoms with E-state index in [1.807, 2.05) is 6.92 Å². The number of halogens is 2. The molecular weight excluding hydrogens is 302 g/mol. The number of nitrogens with zero attached hydrogens (tertiary/aromatic N) is 1. The van der Waals surface area contributed by atoms with E-state index < -0.39 is 6.64 Å². The summed E-state index contributed by atoms with van der Waals surface area (Å²) in [7, 11) is 0. The van der Waals surface area contributed by atoms with Crippen LogP contribution >= 0.6 is 29.8 Å². The van der Waals surface area contributed by atoms with E-state index in [0.717, 1.165) is 0 Å². The Hall–Kier alpha value is 0.260. The van der Waals surface area contributed by atoms with Crippen molar-refractivity contribution in [1.29, 1.82) is 0 Å². The van der Waals surface area contributed by atoms with Gasteiger partial charge in [0.15, 0.2) is 0 Å². The molecule has 2 N–H and O–H groups in total. The lowest BCUT2D eigenvalue weighted by Gasteiger charge is -2.16. The van der Waals surface area contributed by atoms with E-state index in [1.54, 1.807) is 6.07 Å². The van der Waals surface area contributed by atoms with Crippen LogP contribution < -0.4 is 5.50 Å². The van der Waals surface area contributed by atoms with Crippen molar-refractivity contribution in [2.75, 3.05) is 13.2 Å². The molecule has 0 amide bonds. The molecule has 1 atom stereocenters. The van der Waals surface area contributed by atoms with Crippen LogP contribution in [0, 0.1) is 0 Å². The first-order valence-electron chi connectivity index (χ1n) is 4.92. The first-order valence-corrected chi connectivity index (χ1v) is 8.38. The molecule has 8 heteroatoms. The van der Waals surface area contributed by atoms with Gasteiger partial charge in [0.1, 0.15) is 0 Å². The van der Waals surface area contributed by atoms with Crippen molar-refractivity contribution in [2.45, 2.75) is 13.3 Å². The minimum Gasteiger partial charge on any atom is -0.318 e. The Bertz CT molecular complexity index is 433. The average Bonchev–Trinajstić information content (AvgIpc) is 2.21. The van der Waals surface area contributed by atoms with Crippen LogP contribution in [0.3, 0.4) is 0 Å². The van der Waals surface area contributed by atoms with Crippen molar-refractivity contribution in [3.8, 4) is 0 Å². The van der Waals surface area contributed by atoms with Crippen molar-refractivity contribution in [3.05, 3.63) is 28.0 Å². The van der Waals surface area contributed by atoms with Crippen LogP contribution in [-0.4, -0.2) is 18.2 Å². The van der Waals surface area contributed by atoms with Gasteiger partial charge in [-0.1, -0.05) is 23.2 Å². The molecule has 4 nitrogen and oxygen atoms in total. The second kappa shape index (κ2) is 7.00. The molecular formula is C9H13Cl2N2O2PS. The second-order valence-corrected chi connectivity index (χ2v) is 7.09. The number of pyridine rings is 1. The molecule has 0 aliphatic heterocycles. The lowest BCUT2D eigenvalue weighted by molar-refractivity contribution is 0.258. The van der Waals surface area contributed by atoms with Gasteiger partial charge in [0.25, 0.3) is 6.64 Å². The Morgan fingerprint density at radius 3 is 2.76 bits per heavy atom. The first kappa shape index (κ1) is 15.3. The fourth-order valence-electron chi connectivity index (χ4n) is 1.11. The molecule has 0 bridgehead atoms. The summed E-state index contributed by atoms with van der Waals surface area (Å²) in [4.78, 5) is 4.10. The summed E-state index contributed by atoms with van der Waals surface area (Å²) in [6.07, 6.45) is 2.04. The molecule has 0 spiro atoms. The highest BCUT2D eigenvalue weighted by Crippen LogP contribution is 2.39. The van der Waals surface area contributed by atoms with Crippen molar-refractivity contribution in [3.63, 3.8) is 0 Å². The molecule has 1 aromatic rings. The minimum atomic E-state index is -2.62. The van der Waals surface area contributed by atoms with Crippen LogP contribution in [0.25, 0.3) is 0 Å². The molecule has 1 heterocycles. The topological polar surface area (TPSA) is 57.4 Å². The number of aromatic nitrogens is 1. The summed E-state index contributed by atoms with van der Waals surface area (Å²) in [5, 5.41) is 1.00. The van der Waals surface area contributed by atoms with Crippen LogP contribution in [0.2, 0.25) is 10.0 Å². The van der Waals surface area contributed by atoms with Gasteiger partial charge in [-0.15, -0.1) is 0 Å². The van der Waals surface area contributed by atoms with Crippen LogP contribution in [0.15, 0.2) is 12.3 Å². The second-order valence-electron chi connectivity index (χ2n) is 3.12. The number of hydrogen-bond acceptors (Lipinski definition) is 4. The largest absolute Gasteiger partial charge is 0.318 e. The predicted octanol–water partition coefficient (Wildman–Crippen LogP) is 3.17. The smallest absolute Gasteiger partial charge is 0.258 e. The van der Waals surface area contributed by atoms with Crippen LogP contribution in [0.1, 0.15) is 12.6 Å². The van der Waals surface area contributed by atoms with E-state index in [4.69, 9.17) is 49.6 Å². The Kier molecular flexibility index (Phi) is 6.31. The highest BCUT2D eigenvalue weighted by atomic mass is 35.5. The third-order valence-electron chi connectivity index (χ3n) is 1.80. The zero-order chi connectivity index (χ0) is 12.9. The quantitative estimate of drug-likeness (QED) is 0.817. The summed E-state index contributed by atoms with van der Waals surface area (Å²) in [6, 6.07) is 1.63. The lowest BCUT2D eigenvalue weighted by atomic mass is 10.3. The Balaban J connectivity index is 2.48. The zero-order valence-electron chi connectivity index (χ0n) is 9.23. The van der Waals surface area contributed by atoms with Gasteiger partial charge in [0.05, 0.1) is 29.0 Å². The van der Waals surface area contributed by atoms with Gasteiger partial charge in [-0.05, 0) is 24.8 Å². The van der Waals surface area contributed by atoms with E-state index in [1.165, 1.54) is 6.20 Å². The molecule has 0 aliphatic carbocycles. The van der Waals surface area contributed by atoms with E-state index in [0.29, 0.717) is 35.4 Å². The van der Waals surface area contributed by atoms with Crippen molar-refractivity contribution in [2.24, 2.45) is 5.50 Å². The molecule has 0 saturated heterocycles. The van der Waals surface area contributed by atoms with E-state index in [9.17, 15) is 0 Å². The first-order chi connectivity index (χ1) is 7.94. The van der Waals surface area contributed by atoms with Gasteiger partial charge in [-0.2, -0.15) is 0 Å². The Morgan fingerprint density at radius 1 is 1.47 bits per heavy atom. The summed E-state index contributed by atoms with van der Waals surface area (Å²) in [5.41, 5.74) is 6.36. The molecule has 1 aromatic heterocycles. The summed E-state index contributed by atoms with van der Waals surface area (Å²) >= 11 is 16.7. The highest BCUT2D eigenvalue weighted by molar-refractivity contribution is 8.08. The van der Waals surface area contributed by atoms with Crippen molar-refractivity contribution >= 4 is 41.7 Å². The molecule has 0 radical (unpaired) electrons. The van der Waals surface area contributed by atoms with Crippen LogP contribution in [0.4, 0.5) is 0 Å². The van der Waals surface area contributed by atoms with Gasteiger partial charge in [0.2, 0.25) is 0 Å². The molecule has 0 aliphatic rings. The van der Waals surface area contributed by atoms with E-state index >= 15 is 0 Å². The Labute approximate surface area is 116 Å². The van der Waals surface area contributed by atoms with E-state index in [-0.39, 0.29) is 0 Å².